The van der Waals surface area contributed by atoms with Crippen LogP contribution in [0.1, 0.15) is 39.5 Å². The summed E-state index contributed by atoms with van der Waals surface area (Å²) in [7, 11) is 0. The maximum absolute atomic E-state index is 11.8. The lowest BCUT2D eigenvalue weighted by Gasteiger charge is -2.29. The van der Waals surface area contributed by atoms with E-state index < -0.39 is 0 Å². The normalized spacial score (nSPS) is 15.0. The van der Waals surface area contributed by atoms with Crippen molar-refractivity contribution < 1.29 is 4.79 Å². The maximum Gasteiger partial charge on any atom is 0.319 e. The van der Waals surface area contributed by atoms with Crippen LogP contribution in [-0.4, -0.2) is 25.7 Å². The minimum absolute atomic E-state index is 0.178. The van der Waals surface area contributed by atoms with E-state index in [1.54, 1.807) is 0 Å². The highest BCUT2D eigenvalue weighted by Crippen LogP contribution is 2.30. The van der Waals surface area contributed by atoms with Gasteiger partial charge in [0.05, 0.1) is 10.7 Å². The number of carbonyl (C=O) groups is 1. The van der Waals surface area contributed by atoms with E-state index in [2.05, 4.69) is 29.4 Å². The summed E-state index contributed by atoms with van der Waals surface area (Å²) in [5, 5.41) is 6.39. The first-order chi connectivity index (χ1) is 10.6. The first kappa shape index (κ1) is 16.9. The average Bonchev–Trinajstić information content (AvgIpc) is 2.48. The number of hydrogen-bond acceptors (Lipinski definition) is 2. The Morgan fingerprint density at radius 3 is 2.64 bits per heavy atom. The van der Waals surface area contributed by atoms with Crippen molar-refractivity contribution >= 4 is 29.0 Å². The molecule has 2 N–H and O–H groups in total. The van der Waals surface area contributed by atoms with E-state index in [1.807, 2.05) is 18.2 Å². The number of carbonyl (C=O) groups excluding carboxylic acids is 1. The predicted octanol–water partition coefficient (Wildman–Crippen LogP) is 4.50. The van der Waals surface area contributed by atoms with E-state index >= 15 is 0 Å². The fourth-order valence-electron chi connectivity index (χ4n) is 2.63. The number of nitrogens with zero attached hydrogens (tertiary/aromatic N) is 1. The van der Waals surface area contributed by atoms with Crippen LogP contribution in [0.2, 0.25) is 5.02 Å². The Morgan fingerprint density at radius 2 is 2.00 bits per heavy atom. The van der Waals surface area contributed by atoms with Crippen molar-refractivity contribution in [2.45, 2.75) is 39.5 Å². The third kappa shape index (κ3) is 5.09. The lowest BCUT2D eigenvalue weighted by atomic mass is 10.1. The van der Waals surface area contributed by atoms with Gasteiger partial charge in [-0.05, 0) is 49.8 Å². The van der Waals surface area contributed by atoms with Gasteiger partial charge in [-0.3, -0.25) is 0 Å². The van der Waals surface area contributed by atoms with Gasteiger partial charge >= 0.3 is 6.03 Å². The molecule has 0 spiro atoms. The number of anilines is 2. The maximum atomic E-state index is 11.8. The fraction of sp³-hybridized carbons (Fsp3) is 0.588. The Hall–Kier alpha value is -1.42. The van der Waals surface area contributed by atoms with Crippen molar-refractivity contribution in [3.05, 3.63) is 23.2 Å². The zero-order valence-electron chi connectivity index (χ0n) is 13.5. The molecule has 1 aromatic carbocycles. The number of benzene rings is 1. The summed E-state index contributed by atoms with van der Waals surface area (Å²) in [4.78, 5) is 14.1. The summed E-state index contributed by atoms with van der Waals surface area (Å²) in [6.07, 6.45) is 4.70. The SMILES string of the molecule is CC(C)CCNC(=O)Nc1ccc(N2CCCCC2)c(Cl)c1. The monoisotopic (exact) mass is 323 g/mol. The van der Waals surface area contributed by atoms with Gasteiger partial charge < -0.3 is 15.5 Å². The first-order valence-electron chi connectivity index (χ1n) is 8.15. The van der Waals surface area contributed by atoms with Crippen LogP contribution < -0.4 is 15.5 Å². The average molecular weight is 324 g/mol. The van der Waals surface area contributed by atoms with E-state index in [0.717, 1.165) is 30.9 Å². The van der Waals surface area contributed by atoms with E-state index in [4.69, 9.17) is 11.6 Å². The van der Waals surface area contributed by atoms with Crippen LogP contribution in [0.15, 0.2) is 18.2 Å². The molecular formula is C17H26ClN3O. The molecule has 122 valence electrons. The molecule has 22 heavy (non-hydrogen) atoms. The Labute approximate surface area is 138 Å². The molecule has 0 unspecified atom stereocenters. The van der Waals surface area contributed by atoms with E-state index in [0.29, 0.717) is 17.5 Å². The van der Waals surface area contributed by atoms with Gasteiger partial charge in [0.15, 0.2) is 0 Å². The van der Waals surface area contributed by atoms with Crippen molar-refractivity contribution in [1.29, 1.82) is 0 Å². The number of urea groups is 1. The Morgan fingerprint density at radius 1 is 1.27 bits per heavy atom. The van der Waals surface area contributed by atoms with Gasteiger partial charge in [-0.1, -0.05) is 25.4 Å². The smallest absolute Gasteiger partial charge is 0.319 e. The van der Waals surface area contributed by atoms with E-state index in [1.165, 1.54) is 19.3 Å². The van der Waals surface area contributed by atoms with Crippen LogP contribution in [0.3, 0.4) is 0 Å². The largest absolute Gasteiger partial charge is 0.370 e. The zero-order chi connectivity index (χ0) is 15.9. The molecule has 1 aliphatic heterocycles. The van der Waals surface area contributed by atoms with Crippen molar-refractivity contribution in [3.63, 3.8) is 0 Å². The fourth-order valence-corrected chi connectivity index (χ4v) is 2.93. The van der Waals surface area contributed by atoms with Crippen molar-refractivity contribution in [2.75, 3.05) is 29.9 Å². The van der Waals surface area contributed by atoms with Gasteiger partial charge in [0.25, 0.3) is 0 Å². The van der Waals surface area contributed by atoms with Crippen molar-refractivity contribution in [1.82, 2.24) is 5.32 Å². The molecule has 2 amide bonds. The number of piperidine rings is 1. The molecule has 1 saturated heterocycles. The number of halogens is 1. The lowest BCUT2D eigenvalue weighted by Crippen LogP contribution is -2.30. The Bertz CT molecular complexity index is 499. The molecule has 1 fully saturated rings. The summed E-state index contributed by atoms with van der Waals surface area (Å²) in [5.41, 5.74) is 1.79. The molecule has 5 heteroatoms. The number of rotatable bonds is 5. The molecule has 4 nitrogen and oxygen atoms in total. The molecule has 1 aromatic rings. The molecular weight excluding hydrogens is 298 g/mol. The molecule has 0 atom stereocenters. The second-order valence-electron chi connectivity index (χ2n) is 6.28. The quantitative estimate of drug-likeness (QED) is 0.838. The van der Waals surface area contributed by atoms with Crippen LogP contribution in [-0.2, 0) is 0 Å². The highest BCUT2D eigenvalue weighted by Gasteiger charge is 2.14. The van der Waals surface area contributed by atoms with Crippen LogP contribution in [0.4, 0.5) is 16.2 Å². The summed E-state index contributed by atoms with van der Waals surface area (Å²) in [6, 6.07) is 5.56. The number of nitrogens with one attached hydrogen (secondary N) is 2. The summed E-state index contributed by atoms with van der Waals surface area (Å²) in [6.45, 7) is 7.07. The minimum atomic E-state index is -0.178. The third-order valence-electron chi connectivity index (χ3n) is 3.91. The topological polar surface area (TPSA) is 44.4 Å². The first-order valence-corrected chi connectivity index (χ1v) is 8.53. The second-order valence-corrected chi connectivity index (χ2v) is 6.68. The van der Waals surface area contributed by atoms with Crippen LogP contribution >= 0.6 is 11.6 Å². The number of hydrogen-bond donors (Lipinski definition) is 2. The van der Waals surface area contributed by atoms with Crippen LogP contribution in [0, 0.1) is 5.92 Å². The minimum Gasteiger partial charge on any atom is -0.370 e. The lowest BCUT2D eigenvalue weighted by molar-refractivity contribution is 0.251. The van der Waals surface area contributed by atoms with E-state index in [9.17, 15) is 4.79 Å². The summed E-state index contributed by atoms with van der Waals surface area (Å²) >= 11 is 6.38. The molecule has 0 bridgehead atoms. The standard InChI is InChI=1S/C17H26ClN3O/c1-13(2)8-9-19-17(22)20-14-6-7-16(15(18)12-14)21-10-4-3-5-11-21/h6-7,12-13H,3-5,8-11H2,1-2H3,(H2,19,20,22). The van der Waals surface area contributed by atoms with Crippen molar-refractivity contribution in [2.24, 2.45) is 5.92 Å². The van der Waals surface area contributed by atoms with Gasteiger partial charge in [0.2, 0.25) is 0 Å². The van der Waals surface area contributed by atoms with E-state index in [-0.39, 0.29) is 6.03 Å². The molecule has 1 aliphatic rings. The number of amides is 2. The van der Waals surface area contributed by atoms with Crippen LogP contribution in [0.25, 0.3) is 0 Å². The summed E-state index contributed by atoms with van der Waals surface area (Å²) in [5.74, 6) is 0.582. The Kier molecular flexibility index (Phi) is 6.37. The van der Waals surface area contributed by atoms with Gasteiger partial charge in [-0.2, -0.15) is 0 Å². The molecule has 0 saturated carbocycles. The zero-order valence-corrected chi connectivity index (χ0v) is 14.2. The van der Waals surface area contributed by atoms with Gasteiger partial charge in [0, 0.05) is 25.3 Å². The highest BCUT2D eigenvalue weighted by molar-refractivity contribution is 6.33. The van der Waals surface area contributed by atoms with Gasteiger partial charge in [-0.15, -0.1) is 0 Å². The summed E-state index contributed by atoms with van der Waals surface area (Å²) < 4.78 is 0. The molecule has 1 heterocycles. The predicted molar refractivity (Wildman–Crippen MR) is 94.0 cm³/mol. The van der Waals surface area contributed by atoms with Gasteiger partial charge in [-0.25, -0.2) is 4.79 Å². The molecule has 0 radical (unpaired) electrons. The van der Waals surface area contributed by atoms with Crippen molar-refractivity contribution in [3.8, 4) is 0 Å². The molecule has 2 rings (SSSR count). The van der Waals surface area contributed by atoms with Gasteiger partial charge in [0.1, 0.15) is 0 Å². The molecule has 0 aromatic heterocycles. The second kappa shape index (κ2) is 8.28. The van der Waals surface area contributed by atoms with Crippen LogP contribution in [0.5, 0.6) is 0 Å². The Balaban J connectivity index is 1.90. The molecule has 0 aliphatic carbocycles. The highest BCUT2D eigenvalue weighted by atomic mass is 35.5. The third-order valence-corrected chi connectivity index (χ3v) is 4.21.